The Morgan fingerprint density at radius 2 is 1.14 bits per heavy atom. The quantitative estimate of drug-likeness (QED) is 0.117. The lowest BCUT2D eigenvalue weighted by Crippen LogP contribution is -2.12. The van der Waals surface area contributed by atoms with E-state index in [0.29, 0.717) is 18.8 Å². The van der Waals surface area contributed by atoms with Gasteiger partial charge < -0.3 is 10.1 Å². The molecule has 0 spiro atoms. The lowest BCUT2D eigenvalue weighted by molar-refractivity contribution is -0.116. The van der Waals surface area contributed by atoms with Gasteiger partial charge in [0.15, 0.2) is 0 Å². The van der Waals surface area contributed by atoms with Crippen molar-refractivity contribution >= 4 is 11.6 Å². The number of unbranched alkanes of at least 4 members (excludes halogenated alkanes) is 18. The zero-order chi connectivity index (χ0) is 25.4. The van der Waals surface area contributed by atoms with Crippen molar-refractivity contribution in [3.63, 3.8) is 0 Å². The topological polar surface area (TPSA) is 38.3 Å². The van der Waals surface area contributed by atoms with Gasteiger partial charge in [-0.25, -0.2) is 0 Å². The second kappa shape index (κ2) is 22.7. The maximum absolute atomic E-state index is 12.3. The molecular weight excluding hydrogens is 430 g/mol. The molecule has 0 unspecified atom stereocenters. The van der Waals surface area contributed by atoms with E-state index in [2.05, 4.69) is 18.8 Å². The number of nitrogens with one attached hydrogen (secondary N) is 1. The first-order valence-electron chi connectivity index (χ1n) is 14.8. The predicted octanol–water partition coefficient (Wildman–Crippen LogP) is 10.4. The molecule has 3 nitrogen and oxygen atoms in total. The summed E-state index contributed by atoms with van der Waals surface area (Å²) in [6.07, 6.45) is 26.5. The molecule has 0 aliphatic carbocycles. The predicted molar refractivity (Wildman–Crippen MR) is 153 cm³/mol. The lowest BCUT2D eigenvalue weighted by atomic mass is 10.0. The monoisotopic (exact) mass is 485 g/mol. The van der Waals surface area contributed by atoms with Crippen molar-refractivity contribution in [1.29, 1.82) is 0 Å². The fourth-order valence-electron chi connectivity index (χ4n) is 4.47. The first-order chi connectivity index (χ1) is 17.1. The molecule has 0 aromatic heterocycles. The number of ether oxygens (including phenoxy) is 1. The molecule has 1 amide bonds. The number of anilines is 1. The van der Waals surface area contributed by atoms with Gasteiger partial charge in [0.25, 0.3) is 0 Å². The molecule has 0 saturated carbocycles. The van der Waals surface area contributed by atoms with Crippen LogP contribution in [0.5, 0.6) is 5.75 Å². The van der Waals surface area contributed by atoms with Crippen LogP contribution in [-0.2, 0) is 4.79 Å². The Morgan fingerprint density at radius 3 is 1.60 bits per heavy atom. The van der Waals surface area contributed by atoms with E-state index in [9.17, 15) is 4.79 Å². The van der Waals surface area contributed by atoms with E-state index in [4.69, 9.17) is 4.74 Å². The maximum atomic E-state index is 12.3. The molecule has 3 heteroatoms. The van der Waals surface area contributed by atoms with Crippen LogP contribution in [-0.4, -0.2) is 12.5 Å². The number of carbonyl (C=O) groups is 1. The van der Waals surface area contributed by atoms with Crippen molar-refractivity contribution in [2.45, 2.75) is 142 Å². The van der Waals surface area contributed by atoms with E-state index in [0.717, 1.165) is 24.1 Å². The van der Waals surface area contributed by atoms with Crippen LogP contribution in [0.15, 0.2) is 36.4 Å². The molecule has 1 aromatic rings. The SMILES string of the molecule is C=C(C)COc1ccccc1NC(=O)CCCCCCCCCCCCCCCCCCCCC. The largest absolute Gasteiger partial charge is 0.487 e. The molecule has 0 radical (unpaired) electrons. The fraction of sp³-hybridized carbons (Fsp3) is 0.719. The summed E-state index contributed by atoms with van der Waals surface area (Å²) in [7, 11) is 0. The highest BCUT2D eigenvalue weighted by Gasteiger charge is 2.07. The Morgan fingerprint density at radius 1 is 0.714 bits per heavy atom. The lowest BCUT2D eigenvalue weighted by Gasteiger charge is -2.12. The molecular formula is C32H55NO2. The number of benzene rings is 1. The van der Waals surface area contributed by atoms with E-state index in [1.807, 2.05) is 31.2 Å². The van der Waals surface area contributed by atoms with Gasteiger partial charge in [0.05, 0.1) is 5.69 Å². The molecule has 1 N–H and O–H groups in total. The summed E-state index contributed by atoms with van der Waals surface area (Å²) in [5.74, 6) is 0.778. The Bertz CT molecular complexity index is 655. The Labute approximate surface area is 217 Å². The summed E-state index contributed by atoms with van der Waals surface area (Å²) >= 11 is 0. The van der Waals surface area contributed by atoms with E-state index < -0.39 is 0 Å². The van der Waals surface area contributed by atoms with Gasteiger partial charge in [-0.1, -0.05) is 141 Å². The average Bonchev–Trinajstić information content (AvgIpc) is 2.85. The van der Waals surface area contributed by atoms with Crippen LogP contribution in [0, 0.1) is 0 Å². The average molecular weight is 486 g/mol. The van der Waals surface area contributed by atoms with Crippen LogP contribution < -0.4 is 10.1 Å². The van der Waals surface area contributed by atoms with Crippen LogP contribution in [0.1, 0.15) is 142 Å². The van der Waals surface area contributed by atoms with Gasteiger partial charge in [-0.15, -0.1) is 0 Å². The third-order valence-electron chi connectivity index (χ3n) is 6.64. The van der Waals surface area contributed by atoms with Crippen molar-refractivity contribution in [2.24, 2.45) is 0 Å². The number of carbonyl (C=O) groups excluding carboxylic acids is 1. The summed E-state index contributed by atoms with van der Waals surface area (Å²) in [6, 6.07) is 7.61. The zero-order valence-electron chi connectivity index (χ0n) is 23.2. The van der Waals surface area contributed by atoms with Gasteiger partial charge in [0.2, 0.25) is 5.91 Å². The molecule has 0 aliphatic rings. The highest BCUT2D eigenvalue weighted by atomic mass is 16.5. The van der Waals surface area contributed by atoms with Gasteiger partial charge >= 0.3 is 0 Å². The zero-order valence-corrected chi connectivity index (χ0v) is 23.2. The van der Waals surface area contributed by atoms with Gasteiger partial charge in [-0.2, -0.15) is 0 Å². The Hall–Kier alpha value is -1.77. The molecule has 35 heavy (non-hydrogen) atoms. The van der Waals surface area contributed by atoms with Crippen LogP contribution >= 0.6 is 0 Å². The third kappa shape index (κ3) is 19.1. The number of para-hydroxylation sites is 2. The second-order valence-corrected chi connectivity index (χ2v) is 10.4. The summed E-state index contributed by atoms with van der Waals surface area (Å²) in [6.45, 7) is 8.54. The summed E-state index contributed by atoms with van der Waals surface area (Å²) in [4.78, 5) is 12.3. The van der Waals surface area contributed by atoms with Crippen molar-refractivity contribution in [3.8, 4) is 5.75 Å². The minimum absolute atomic E-state index is 0.0725. The van der Waals surface area contributed by atoms with E-state index in [1.165, 1.54) is 109 Å². The summed E-state index contributed by atoms with van der Waals surface area (Å²) < 4.78 is 5.73. The first kappa shape index (κ1) is 31.3. The van der Waals surface area contributed by atoms with E-state index in [1.54, 1.807) is 0 Å². The number of hydrogen-bond acceptors (Lipinski definition) is 2. The Kier molecular flexibility index (Phi) is 20.3. The molecule has 0 saturated heterocycles. The number of amides is 1. The number of rotatable bonds is 24. The summed E-state index contributed by atoms with van der Waals surface area (Å²) in [5, 5.41) is 3.00. The van der Waals surface area contributed by atoms with Gasteiger partial charge in [0, 0.05) is 6.42 Å². The minimum atomic E-state index is 0.0725. The molecule has 0 aliphatic heterocycles. The third-order valence-corrected chi connectivity index (χ3v) is 6.64. The molecule has 0 bridgehead atoms. The van der Waals surface area contributed by atoms with E-state index >= 15 is 0 Å². The van der Waals surface area contributed by atoms with Crippen molar-refractivity contribution in [3.05, 3.63) is 36.4 Å². The van der Waals surface area contributed by atoms with Crippen molar-refractivity contribution in [2.75, 3.05) is 11.9 Å². The maximum Gasteiger partial charge on any atom is 0.224 e. The van der Waals surface area contributed by atoms with Crippen LogP contribution in [0.4, 0.5) is 5.69 Å². The molecule has 0 atom stereocenters. The Balaban J connectivity index is 1.88. The van der Waals surface area contributed by atoms with E-state index in [-0.39, 0.29) is 5.91 Å². The molecule has 1 rings (SSSR count). The molecule has 1 aromatic carbocycles. The molecule has 0 heterocycles. The van der Waals surface area contributed by atoms with Crippen LogP contribution in [0.3, 0.4) is 0 Å². The van der Waals surface area contributed by atoms with Crippen molar-refractivity contribution in [1.82, 2.24) is 0 Å². The standard InChI is InChI=1S/C32H55NO2/c1-4-5-6-7-8-9-10-11-12-13-14-15-16-17-18-19-20-21-22-27-32(34)33-30-25-23-24-26-31(30)35-28-29(2)3/h23-26H,2,4-22,27-28H2,1,3H3,(H,33,34). The number of hydrogen-bond donors (Lipinski definition) is 1. The highest BCUT2D eigenvalue weighted by Crippen LogP contribution is 2.24. The van der Waals surface area contributed by atoms with Crippen molar-refractivity contribution < 1.29 is 9.53 Å². The van der Waals surface area contributed by atoms with Crippen LogP contribution in [0.2, 0.25) is 0 Å². The minimum Gasteiger partial charge on any atom is -0.487 e. The van der Waals surface area contributed by atoms with Crippen LogP contribution in [0.25, 0.3) is 0 Å². The molecule has 0 fully saturated rings. The van der Waals surface area contributed by atoms with Gasteiger partial charge in [0.1, 0.15) is 12.4 Å². The smallest absolute Gasteiger partial charge is 0.224 e. The second-order valence-electron chi connectivity index (χ2n) is 10.4. The summed E-state index contributed by atoms with van der Waals surface area (Å²) in [5.41, 5.74) is 1.71. The normalized spacial score (nSPS) is 10.9. The fourth-order valence-corrected chi connectivity index (χ4v) is 4.47. The first-order valence-corrected chi connectivity index (χ1v) is 14.8. The van der Waals surface area contributed by atoms with Gasteiger partial charge in [-0.05, 0) is 31.1 Å². The highest BCUT2D eigenvalue weighted by molar-refractivity contribution is 5.92. The van der Waals surface area contributed by atoms with Gasteiger partial charge in [-0.3, -0.25) is 4.79 Å². The molecule has 200 valence electrons.